The van der Waals surface area contributed by atoms with Gasteiger partial charge < -0.3 is 15.2 Å². The van der Waals surface area contributed by atoms with E-state index in [9.17, 15) is 27.6 Å². The summed E-state index contributed by atoms with van der Waals surface area (Å²) in [6.45, 7) is 0. The van der Waals surface area contributed by atoms with Gasteiger partial charge in [-0.15, -0.1) is 0 Å². The summed E-state index contributed by atoms with van der Waals surface area (Å²) in [4.78, 5) is 31.8. The van der Waals surface area contributed by atoms with E-state index in [-0.39, 0.29) is 0 Å². The Balaban J connectivity index is 4.91. The van der Waals surface area contributed by atoms with Crippen LogP contribution in [0.3, 0.4) is 0 Å². The maximum absolute atomic E-state index is 11.9. The Morgan fingerprint density at radius 3 is 2.31 bits per heavy atom. The normalized spacial score (nSPS) is 15.6. The molecule has 2 N–H and O–H groups in total. The summed E-state index contributed by atoms with van der Waals surface area (Å²) in [7, 11) is 0.781. The van der Waals surface area contributed by atoms with E-state index >= 15 is 0 Å². The van der Waals surface area contributed by atoms with Gasteiger partial charge in [-0.2, -0.15) is 13.2 Å². The van der Waals surface area contributed by atoms with Gasteiger partial charge in [-0.1, -0.05) is 0 Å². The molecule has 92 valence electrons. The number of carboxylic acid groups (broad SMARTS) is 1. The molecular weight excluding hydrogens is 235 g/mol. The zero-order chi connectivity index (χ0) is 13.8. The first-order valence-corrected chi connectivity index (χ1v) is 3.71. The van der Waals surface area contributed by atoms with Crippen LogP contribution in [0, 0.1) is 0 Å². The molecule has 0 fully saturated rings. The molecule has 0 aromatic carbocycles. The average Bonchev–Trinajstić information content (AvgIpc) is 2.21. The number of methoxy groups -OCH3 is 1. The second-order valence-electron chi connectivity index (χ2n) is 2.48. The van der Waals surface area contributed by atoms with Crippen LogP contribution in [0.2, 0.25) is 0 Å². The molecule has 0 radical (unpaired) electrons. The third-order valence-corrected chi connectivity index (χ3v) is 1.31. The lowest BCUT2D eigenvalue weighted by Crippen LogP contribution is -2.48. The molecule has 0 bridgehead atoms. The lowest BCUT2D eigenvalue weighted by Gasteiger charge is -2.15. The molecule has 16 heavy (non-hydrogen) atoms. The van der Waals surface area contributed by atoms with Crippen LogP contribution in [0.1, 0.15) is 7.77 Å². The van der Waals surface area contributed by atoms with Crippen molar-refractivity contribution < 1.29 is 38.8 Å². The number of carboxylic acids is 1. The van der Waals surface area contributed by atoms with Crippen molar-refractivity contribution in [1.82, 2.24) is 5.32 Å². The first-order chi connectivity index (χ1) is 7.61. The lowest BCUT2D eigenvalue weighted by atomic mass is 10.2. The van der Waals surface area contributed by atoms with Crippen LogP contribution in [0.5, 0.6) is 0 Å². The van der Waals surface area contributed by atoms with Gasteiger partial charge in [0.1, 0.15) is 6.04 Å². The molecule has 0 rings (SSSR count). The molecule has 2 atom stereocenters. The first kappa shape index (κ1) is 12.3. The van der Waals surface area contributed by atoms with Crippen molar-refractivity contribution in [3.63, 3.8) is 0 Å². The number of hydrogen-bond acceptors (Lipinski definition) is 4. The Morgan fingerprint density at radius 1 is 1.50 bits per heavy atom. The summed E-state index contributed by atoms with van der Waals surface area (Å²) in [5.41, 5.74) is 0. The second-order valence-corrected chi connectivity index (χ2v) is 2.48. The molecule has 0 aromatic heterocycles. The third-order valence-electron chi connectivity index (χ3n) is 1.31. The fourth-order valence-corrected chi connectivity index (χ4v) is 0.661. The highest BCUT2D eigenvalue weighted by Crippen LogP contribution is 2.15. The Labute approximate surface area is 88.8 Å². The molecule has 0 aliphatic heterocycles. The monoisotopic (exact) mass is 244 g/mol. The van der Waals surface area contributed by atoms with Gasteiger partial charge in [0.2, 0.25) is 0 Å². The summed E-state index contributed by atoms with van der Waals surface area (Å²) in [6.07, 6.45) is -7.58. The van der Waals surface area contributed by atoms with Gasteiger partial charge in [0.25, 0.3) is 0 Å². The van der Waals surface area contributed by atoms with Crippen LogP contribution in [-0.2, 0) is 19.1 Å². The van der Waals surface area contributed by atoms with Crippen molar-refractivity contribution in [2.75, 3.05) is 7.11 Å². The van der Waals surface area contributed by atoms with Crippen LogP contribution < -0.4 is 5.32 Å². The maximum atomic E-state index is 11.9. The minimum atomic E-state index is -5.29. The van der Waals surface area contributed by atoms with Gasteiger partial charge >= 0.3 is 24.0 Å². The van der Waals surface area contributed by atoms with Crippen molar-refractivity contribution in [3.05, 3.63) is 0 Å². The van der Waals surface area contributed by atoms with Crippen molar-refractivity contribution in [1.29, 1.82) is 0 Å². The molecule has 6 nitrogen and oxygen atoms in total. The number of aliphatic carboxylic acids is 1. The van der Waals surface area contributed by atoms with Crippen molar-refractivity contribution >= 4 is 17.8 Å². The fourth-order valence-electron chi connectivity index (χ4n) is 0.661. The van der Waals surface area contributed by atoms with Gasteiger partial charge in [-0.25, -0.2) is 4.79 Å². The van der Waals surface area contributed by atoms with E-state index in [1.54, 1.807) is 0 Å². The van der Waals surface area contributed by atoms with Crippen LogP contribution in [0.4, 0.5) is 13.2 Å². The number of rotatable bonds is 4. The summed E-state index contributed by atoms with van der Waals surface area (Å²) in [5, 5.41) is 9.47. The van der Waals surface area contributed by atoms with E-state index in [4.69, 9.17) is 6.48 Å². The van der Waals surface area contributed by atoms with Gasteiger partial charge in [0.05, 0.1) is 13.5 Å². The standard InChI is InChI=1S/C7H8F3NO5/c1-16-5(14)3(2-4(12)13)11-6(15)7(8,9)10/h3H,2H2,1H3,(H,11,15)(H,12,13)/t3-/m0/s1/i2D/t2-,3+/m1. The zero-order valence-electron chi connectivity index (χ0n) is 8.87. The number of carbonyl (C=O) groups is 3. The smallest absolute Gasteiger partial charge is 0.471 e. The Kier molecular flexibility index (Phi) is 4.09. The lowest BCUT2D eigenvalue weighted by molar-refractivity contribution is -0.176. The second kappa shape index (κ2) is 5.33. The fraction of sp³-hybridized carbons (Fsp3) is 0.571. The molecule has 0 heterocycles. The number of alkyl halides is 3. The number of esters is 1. The Morgan fingerprint density at radius 2 is 2.00 bits per heavy atom. The summed E-state index contributed by atoms with van der Waals surface area (Å²) in [5.74, 6) is -5.85. The van der Waals surface area contributed by atoms with E-state index in [0.29, 0.717) is 0 Å². The predicted molar refractivity (Wildman–Crippen MR) is 42.3 cm³/mol. The number of carbonyl (C=O) groups excluding carboxylic acids is 2. The molecule has 0 saturated heterocycles. The first-order valence-electron chi connectivity index (χ1n) is 4.29. The van der Waals surface area contributed by atoms with Crippen LogP contribution in [0.15, 0.2) is 0 Å². The van der Waals surface area contributed by atoms with Gasteiger partial charge in [0, 0.05) is 1.37 Å². The zero-order valence-corrected chi connectivity index (χ0v) is 7.87. The largest absolute Gasteiger partial charge is 0.481 e. The van der Waals surface area contributed by atoms with Crippen LogP contribution in [-0.4, -0.2) is 42.3 Å². The summed E-state index contributed by atoms with van der Waals surface area (Å²) >= 11 is 0. The molecule has 0 saturated carbocycles. The summed E-state index contributed by atoms with van der Waals surface area (Å²) < 4.78 is 46.5. The van der Waals surface area contributed by atoms with E-state index < -0.39 is 36.5 Å². The van der Waals surface area contributed by atoms with Crippen molar-refractivity contribution in [2.24, 2.45) is 0 Å². The molecule has 0 unspecified atom stereocenters. The van der Waals surface area contributed by atoms with E-state index in [1.807, 2.05) is 0 Å². The van der Waals surface area contributed by atoms with Gasteiger partial charge in [0.15, 0.2) is 0 Å². The van der Waals surface area contributed by atoms with E-state index in [1.165, 1.54) is 0 Å². The third kappa shape index (κ3) is 4.62. The molecule has 1 amide bonds. The molecule has 0 aromatic rings. The molecular formula is C7H8F3NO5. The number of nitrogens with one attached hydrogen (secondary N) is 1. The van der Waals surface area contributed by atoms with E-state index in [0.717, 1.165) is 12.4 Å². The van der Waals surface area contributed by atoms with E-state index in [2.05, 4.69) is 4.74 Å². The van der Waals surface area contributed by atoms with Gasteiger partial charge in [-0.05, 0) is 0 Å². The number of hydrogen-bond donors (Lipinski definition) is 2. The number of halogens is 3. The highest BCUT2D eigenvalue weighted by Gasteiger charge is 2.41. The quantitative estimate of drug-likeness (QED) is 0.661. The topological polar surface area (TPSA) is 92.7 Å². The van der Waals surface area contributed by atoms with Crippen LogP contribution >= 0.6 is 0 Å². The summed E-state index contributed by atoms with van der Waals surface area (Å²) in [6, 6.07) is -2.23. The van der Waals surface area contributed by atoms with Crippen LogP contribution in [0.25, 0.3) is 0 Å². The average molecular weight is 244 g/mol. The van der Waals surface area contributed by atoms with Crippen molar-refractivity contribution in [3.8, 4) is 0 Å². The minimum Gasteiger partial charge on any atom is -0.481 e. The highest BCUT2D eigenvalue weighted by atomic mass is 19.4. The number of ether oxygens (including phenoxy) is 1. The Hall–Kier alpha value is -1.80. The van der Waals surface area contributed by atoms with Crippen molar-refractivity contribution in [2.45, 2.75) is 18.6 Å². The SMILES string of the molecule is [2H][C@@H](C(=O)O)[C@H](NC(=O)C(F)(F)F)C(=O)OC. The predicted octanol–water partition coefficient (Wildman–Crippen LogP) is -0.319. The molecule has 9 heteroatoms. The highest BCUT2D eigenvalue weighted by molar-refractivity contribution is 5.89. The molecule has 0 aliphatic carbocycles. The minimum absolute atomic E-state index is 0.781. The Bertz CT molecular complexity index is 332. The number of amides is 1. The molecule has 0 aliphatic rings. The maximum Gasteiger partial charge on any atom is 0.471 e. The molecule has 0 spiro atoms. The van der Waals surface area contributed by atoms with Gasteiger partial charge in [-0.3, -0.25) is 9.59 Å².